The number of nitrogens with zero attached hydrogens (tertiary/aromatic N) is 14. The van der Waals surface area contributed by atoms with Crippen LogP contribution in [-0.2, 0) is 91.5 Å². The number of fused-ring (bicyclic) bond motifs is 6. The number of Topliss-reactive ketones (excluding diaryl/α,β-unsaturated/α-hetero) is 4. The zero-order valence-corrected chi connectivity index (χ0v) is 81.7. The molecule has 14 heterocycles. The Bertz CT molecular complexity index is 6150. The number of rotatable bonds is 41. The lowest BCUT2D eigenvalue weighted by Gasteiger charge is -2.31. The maximum absolute atomic E-state index is 13.6. The van der Waals surface area contributed by atoms with Gasteiger partial charge in [0, 0.05) is 183 Å². The standard InChI is InChI=1S/C37H46FN5O7S.C35H43N5O8S.C29H38FN5O4.CH4/c1-23(44)22-51-32-21-33(46)42(37(32)48)18-12-27(45)6-3-4-19-49-30-7-5-14-43-35(30)39-24(2)28(36(43)47)13-17-41-15-10-25(11-16-41)34-29-9-8-26(38)20-31(29)50-40-34;1-21(41)20-49-30-18-31(44)40(35(30)46)19-24(42)5-4-16-47-25-7-8-27-29(17-25)48-37-32(27)23-9-13-38(14-10-23)15-11-26-22(2)36-33-28(43)6-3-12-39(33)34(26)45;1-19-22(29(37)35-13-5-6-24(28(35)32-19)38-17-4-2-3-7-26(31)36)12-16-34-14-10-20(11-15-34)27-23-9-8-21(30)18-25(23)39-33-27;/h8-9,20,25,30,32H,3-7,10-19,21-22H2,1-2H3;7-8,17,23,28,30,43H,3-6,9-16,18-20H2,1-2H3;8-9,18,20,24H,2-7,10-17H2,1H3,(H2,31,36);1H4. The molecule has 754 valence electrons. The minimum atomic E-state index is -0.670. The molecule has 0 aliphatic carbocycles. The highest BCUT2D eigenvalue weighted by Gasteiger charge is 2.42. The van der Waals surface area contributed by atoms with Crippen molar-refractivity contribution in [1.29, 1.82) is 0 Å². The average molecular weight is 1970 g/mol. The topological polar surface area (TPSA) is 427 Å². The zero-order valence-electron chi connectivity index (χ0n) is 80.0. The van der Waals surface area contributed by atoms with Crippen LogP contribution < -0.4 is 27.1 Å². The number of benzene rings is 3. The van der Waals surface area contributed by atoms with Gasteiger partial charge < -0.3 is 53.3 Å². The number of ketones is 4. The summed E-state index contributed by atoms with van der Waals surface area (Å²) in [5, 5.41) is 24.8. The Labute approximate surface area is 820 Å². The normalized spacial score (nSPS) is 19.5. The van der Waals surface area contributed by atoms with Gasteiger partial charge in [-0.1, -0.05) is 29.3 Å². The molecular weight excluding hydrogens is 1840 g/mol. The van der Waals surface area contributed by atoms with E-state index in [9.17, 15) is 71.4 Å². The molecule has 38 heteroatoms. The lowest BCUT2D eigenvalue weighted by molar-refractivity contribution is -0.142. The van der Waals surface area contributed by atoms with Crippen molar-refractivity contribution in [3.8, 4) is 5.75 Å². The van der Waals surface area contributed by atoms with Crippen LogP contribution in [-0.4, -0.2) is 240 Å². The van der Waals surface area contributed by atoms with Gasteiger partial charge >= 0.3 is 0 Å². The SMILES string of the molecule is C.CC(=O)CSC1CC(=O)N(CC(=O)CCCOc2ccc3c(C4CCN(CCc5c(C)nc6n(c5=O)CCCC6O)CC4)noc3c2)C1=O.CC(=O)CSC1CC(=O)N(CCC(=O)CCCCOC2CCCn3c2nc(C)c(CCN2CCC(c4noc5cc(F)ccc45)CC2)c3=O)C1=O.Cc1nc2n(c(=O)c1CCN1CCC(c3noc4cc(F)ccc34)CC1)CCCC2OCCCCCC(N)=O. The third-order valence-electron chi connectivity index (χ3n) is 28.0. The molecule has 5 saturated heterocycles. The van der Waals surface area contributed by atoms with Crippen molar-refractivity contribution in [3.05, 3.63) is 166 Å². The number of aromatic nitrogens is 9. The molecule has 0 spiro atoms. The van der Waals surface area contributed by atoms with Crippen molar-refractivity contribution in [2.24, 2.45) is 5.73 Å². The number of thioether (sulfide) groups is 2. The molecule has 9 aromatic rings. The summed E-state index contributed by atoms with van der Waals surface area (Å²) in [4.78, 5) is 172. The number of imide groups is 2. The molecule has 5 unspecified atom stereocenters. The number of piperidine rings is 3. The van der Waals surface area contributed by atoms with E-state index in [0.29, 0.717) is 130 Å². The number of ether oxygens (including phenoxy) is 3. The number of likely N-dealkylation sites (tertiary alicyclic amines) is 5. The van der Waals surface area contributed by atoms with E-state index in [0.717, 1.165) is 237 Å². The predicted octanol–water partition coefficient (Wildman–Crippen LogP) is 12.6. The number of amides is 5. The van der Waals surface area contributed by atoms with E-state index in [1.807, 2.05) is 37.5 Å². The van der Waals surface area contributed by atoms with Crippen LogP contribution in [0, 0.1) is 32.4 Å². The first kappa shape index (κ1) is 105. The number of primary amides is 1. The molecule has 3 aromatic carbocycles. The van der Waals surface area contributed by atoms with Gasteiger partial charge in [0.2, 0.25) is 29.5 Å². The largest absolute Gasteiger partial charge is 0.493 e. The Kier molecular flexibility index (Phi) is 37.0. The number of hydrogen-bond acceptors (Lipinski definition) is 30. The first-order chi connectivity index (χ1) is 67.1. The summed E-state index contributed by atoms with van der Waals surface area (Å²) in [5.41, 5.74) is 14.1. The number of nitrogens with two attached hydrogens (primary N) is 1. The number of carbonyl (C=O) groups is 9. The van der Waals surface area contributed by atoms with Crippen LogP contribution in [0.2, 0.25) is 0 Å². The Hall–Kier alpha value is -10.7. The Morgan fingerprint density at radius 2 is 0.857 bits per heavy atom. The molecule has 140 heavy (non-hydrogen) atoms. The lowest BCUT2D eigenvalue weighted by Crippen LogP contribution is -2.38. The molecule has 3 N–H and O–H groups in total. The second-order valence-electron chi connectivity index (χ2n) is 38.0. The number of aryl methyl sites for hydroxylation is 3. The van der Waals surface area contributed by atoms with Gasteiger partial charge in [-0.15, -0.1) is 23.5 Å². The minimum absolute atomic E-state index is 0. The van der Waals surface area contributed by atoms with Crippen LogP contribution in [0.4, 0.5) is 8.78 Å². The highest BCUT2D eigenvalue weighted by molar-refractivity contribution is 8.01. The quantitative estimate of drug-likeness (QED) is 0.0265. The molecular formula is C102H131F2N15O19S2. The second-order valence-corrected chi connectivity index (χ2v) is 40.4. The van der Waals surface area contributed by atoms with Gasteiger partial charge in [0.25, 0.3) is 16.7 Å². The van der Waals surface area contributed by atoms with Gasteiger partial charge in [0.15, 0.2) is 22.5 Å². The number of halogens is 2. The average Bonchev–Trinajstić information content (AvgIpc) is 0.988. The summed E-state index contributed by atoms with van der Waals surface area (Å²) in [6, 6.07) is 14.8. The maximum atomic E-state index is 13.6. The van der Waals surface area contributed by atoms with Crippen molar-refractivity contribution in [2.45, 2.75) is 282 Å². The number of aliphatic hydroxyl groups excluding tert-OH is 1. The van der Waals surface area contributed by atoms with E-state index >= 15 is 0 Å². The lowest BCUT2D eigenvalue weighted by atomic mass is 9.91. The van der Waals surface area contributed by atoms with E-state index in [2.05, 4.69) is 35.2 Å². The number of carbonyl (C=O) groups excluding carboxylic acids is 9. The zero-order chi connectivity index (χ0) is 98.1. The second kappa shape index (κ2) is 49.3. The molecule has 5 fully saturated rings. The van der Waals surface area contributed by atoms with Crippen LogP contribution in [0.1, 0.15) is 280 Å². The summed E-state index contributed by atoms with van der Waals surface area (Å²) in [7, 11) is 0. The summed E-state index contributed by atoms with van der Waals surface area (Å²) < 4.78 is 66.9. The molecule has 5 atom stereocenters. The van der Waals surface area contributed by atoms with Crippen molar-refractivity contribution in [3.63, 3.8) is 0 Å². The van der Waals surface area contributed by atoms with E-state index in [-0.39, 0.29) is 169 Å². The van der Waals surface area contributed by atoms with Crippen LogP contribution in [0.25, 0.3) is 32.9 Å². The number of unbranched alkanes of at least 4 members (excludes halogenated alkanes) is 3. The van der Waals surface area contributed by atoms with E-state index in [4.69, 9.17) is 43.5 Å². The fourth-order valence-electron chi connectivity index (χ4n) is 20.2. The Morgan fingerprint density at radius 3 is 1.31 bits per heavy atom. The van der Waals surface area contributed by atoms with Crippen LogP contribution in [0.15, 0.2) is 82.6 Å². The molecule has 34 nitrogen and oxygen atoms in total. The van der Waals surface area contributed by atoms with Crippen LogP contribution >= 0.6 is 23.5 Å². The van der Waals surface area contributed by atoms with Crippen LogP contribution in [0.3, 0.4) is 0 Å². The minimum Gasteiger partial charge on any atom is -0.493 e. The summed E-state index contributed by atoms with van der Waals surface area (Å²) in [5.74, 6) is 0.999. The van der Waals surface area contributed by atoms with Gasteiger partial charge in [0.1, 0.15) is 70.5 Å². The van der Waals surface area contributed by atoms with Crippen molar-refractivity contribution in [1.82, 2.24) is 68.6 Å². The van der Waals surface area contributed by atoms with E-state index in [1.165, 1.54) is 49.9 Å². The van der Waals surface area contributed by atoms with Gasteiger partial charge in [-0.25, -0.2) is 23.7 Å². The van der Waals surface area contributed by atoms with E-state index in [1.54, 1.807) is 27.3 Å². The molecule has 17 rings (SSSR count). The van der Waals surface area contributed by atoms with Gasteiger partial charge in [0.05, 0.1) is 52.2 Å². The Morgan fingerprint density at radius 1 is 0.457 bits per heavy atom. The van der Waals surface area contributed by atoms with Gasteiger partial charge in [-0.05, 0) is 239 Å². The van der Waals surface area contributed by atoms with Crippen LogP contribution in [0.5, 0.6) is 5.75 Å². The fourth-order valence-corrected chi connectivity index (χ4v) is 22.2. The van der Waals surface area contributed by atoms with Crippen molar-refractivity contribution >= 4 is 109 Å². The first-order valence-corrected chi connectivity index (χ1v) is 51.4. The monoisotopic (exact) mass is 1970 g/mol. The highest BCUT2D eigenvalue weighted by atomic mass is 32.2. The Balaban J connectivity index is 0.000000168. The maximum Gasteiger partial charge on any atom is 0.257 e. The molecule has 0 radical (unpaired) electrons. The van der Waals surface area contributed by atoms with Gasteiger partial charge in [-0.3, -0.25) is 81.0 Å². The highest BCUT2D eigenvalue weighted by Crippen LogP contribution is 2.39. The van der Waals surface area contributed by atoms with Gasteiger partial charge in [-0.2, -0.15) is 0 Å². The first-order valence-electron chi connectivity index (χ1n) is 49.3. The molecule has 0 saturated carbocycles. The third kappa shape index (κ3) is 26.4. The smallest absolute Gasteiger partial charge is 0.257 e. The number of aliphatic hydroxyl groups is 1. The van der Waals surface area contributed by atoms with Crippen molar-refractivity contribution < 1.29 is 84.8 Å². The molecule has 6 aromatic heterocycles. The molecule has 8 aliphatic rings. The third-order valence-corrected chi connectivity index (χ3v) is 30.7. The predicted molar refractivity (Wildman–Crippen MR) is 522 cm³/mol. The molecule has 0 bridgehead atoms. The van der Waals surface area contributed by atoms with E-state index < -0.39 is 22.5 Å². The summed E-state index contributed by atoms with van der Waals surface area (Å²) in [6.07, 6.45) is 16.5. The summed E-state index contributed by atoms with van der Waals surface area (Å²) in [6.45, 7) is 19.3. The molecule has 8 aliphatic heterocycles. The summed E-state index contributed by atoms with van der Waals surface area (Å²) >= 11 is 2.33. The van der Waals surface area contributed by atoms with Crippen molar-refractivity contribution in [2.75, 3.05) is 103 Å². The number of hydrogen-bond donors (Lipinski definition) is 2. The fraction of sp³-hybridized carbons (Fsp3) is 0.588. The molecule has 5 amide bonds.